The highest BCUT2D eigenvalue weighted by Crippen LogP contribution is 2.40. The van der Waals surface area contributed by atoms with Crippen LogP contribution in [0.3, 0.4) is 0 Å². The maximum absolute atomic E-state index is 11.7. The molecule has 0 bridgehead atoms. The molecule has 4 heterocycles. The molecule has 1 saturated carbocycles. The molecule has 0 N–H and O–H groups in total. The number of rotatable bonds is 4. The first-order chi connectivity index (χ1) is 12.7. The largest absolute Gasteiger partial charge is 0.356 e. The summed E-state index contributed by atoms with van der Waals surface area (Å²) >= 11 is 0. The third-order valence-electron chi connectivity index (χ3n) is 5.97. The zero-order chi connectivity index (χ0) is 17.7. The average molecular weight is 352 g/mol. The number of aryl methyl sites for hydroxylation is 1. The highest BCUT2D eigenvalue weighted by atomic mass is 16.1. The summed E-state index contributed by atoms with van der Waals surface area (Å²) in [6.45, 7) is 5.03. The Labute approximate surface area is 152 Å². The number of hydrogen-bond donors (Lipinski definition) is 0. The van der Waals surface area contributed by atoms with Gasteiger partial charge in [-0.05, 0) is 30.7 Å². The van der Waals surface area contributed by atoms with E-state index < -0.39 is 0 Å². The van der Waals surface area contributed by atoms with Crippen molar-refractivity contribution in [1.82, 2.24) is 24.4 Å². The quantitative estimate of drug-likeness (QED) is 0.818. The molecule has 2 atom stereocenters. The van der Waals surface area contributed by atoms with E-state index in [9.17, 15) is 4.79 Å². The van der Waals surface area contributed by atoms with Gasteiger partial charge in [0, 0.05) is 63.6 Å². The van der Waals surface area contributed by atoms with Gasteiger partial charge in [0.15, 0.2) is 0 Å². The van der Waals surface area contributed by atoms with Gasteiger partial charge in [0.1, 0.15) is 12.1 Å². The molecule has 136 valence electrons. The van der Waals surface area contributed by atoms with Gasteiger partial charge in [0.05, 0.1) is 5.69 Å². The summed E-state index contributed by atoms with van der Waals surface area (Å²) in [5.74, 6) is 3.10. The van der Waals surface area contributed by atoms with E-state index >= 15 is 0 Å². The summed E-state index contributed by atoms with van der Waals surface area (Å²) in [6.07, 6.45) is 6.07. The molecule has 2 aromatic heterocycles. The van der Waals surface area contributed by atoms with E-state index in [1.165, 1.54) is 23.1 Å². The number of nitrogens with zero attached hydrogens (tertiary/aromatic N) is 6. The maximum atomic E-state index is 11.7. The third kappa shape index (κ3) is 3.00. The number of aromatic nitrogens is 4. The number of fused-ring (bicyclic) bond motifs is 1. The SMILES string of the molecule is Cn1ccc(CN2CC3CN(c4cc(C5CC5)ncn4)CC3C2)nc1=O. The molecule has 0 radical (unpaired) electrons. The van der Waals surface area contributed by atoms with Crippen LogP contribution in [0.5, 0.6) is 0 Å². The zero-order valence-corrected chi connectivity index (χ0v) is 15.1. The lowest BCUT2D eigenvalue weighted by Gasteiger charge is -2.22. The Morgan fingerprint density at radius 3 is 2.58 bits per heavy atom. The topological polar surface area (TPSA) is 67.2 Å². The fraction of sp³-hybridized carbons (Fsp3) is 0.579. The predicted octanol–water partition coefficient (Wildman–Crippen LogP) is 1.02. The molecule has 2 aliphatic heterocycles. The van der Waals surface area contributed by atoms with Gasteiger partial charge in [0.2, 0.25) is 0 Å². The van der Waals surface area contributed by atoms with Crippen molar-refractivity contribution in [3.8, 4) is 0 Å². The molecule has 1 aliphatic carbocycles. The standard InChI is InChI=1S/C19H24N6O/c1-23-5-4-16(22-19(23)26)11-24-7-14-9-25(10-15(14)8-24)18-6-17(13-2-3-13)20-12-21-18/h4-6,12-15H,2-3,7-11H2,1H3. The Morgan fingerprint density at radius 1 is 1.12 bits per heavy atom. The van der Waals surface area contributed by atoms with E-state index in [1.54, 1.807) is 19.6 Å². The molecule has 5 rings (SSSR count). The first-order valence-corrected chi connectivity index (χ1v) is 9.47. The van der Waals surface area contributed by atoms with E-state index in [0.29, 0.717) is 17.8 Å². The van der Waals surface area contributed by atoms with Gasteiger partial charge < -0.3 is 9.47 Å². The summed E-state index contributed by atoms with van der Waals surface area (Å²) in [4.78, 5) is 29.7. The normalized spacial score (nSPS) is 25.7. The van der Waals surface area contributed by atoms with Gasteiger partial charge in [0.25, 0.3) is 0 Å². The summed E-state index contributed by atoms with van der Waals surface area (Å²) < 4.78 is 1.51. The Hall–Kier alpha value is -2.28. The molecule has 2 saturated heterocycles. The average Bonchev–Trinajstić information content (AvgIpc) is 3.31. The zero-order valence-electron chi connectivity index (χ0n) is 15.1. The second kappa shape index (κ2) is 6.16. The molecule has 26 heavy (non-hydrogen) atoms. The van der Waals surface area contributed by atoms with E-state index in [-0.39, 0.29) is 5.69 Å². The lowest BCUT2D eigenvalue weighted by Crippen LogP contribution is -2.30. The van der Waals surface area contributed by atoms with Crippen molar-refractivity contribution in [2.24, 2.45) is 18.9 Å². The Morgan fingerprint density at radius 2 is 1.88 bits per heavy atom. The minimum Gasteiger partial charge on any atom is -0.356 e. The van der Waals surface area contributed by atoms with Gasteiger partial charge in [-0.1, -0.05) is 0 Å². The second-order valence-electron chi connectivity index (χ2n) is 8.01. The number of anilines is 1. The molecule has 7 heteroatoms. The van der Waals surface area contributed by atoms with Crippen LogP contribution in [0, 0.1) is 11.8 Å². The van der Waals surface area contributed by atoms with Crippen LogP contribution in [0.15, 0.2) is 29.5 Å². The Balaban J connectivity index is 1.22. The number of likely N-dealkylation sites (tertiary alicyclic amines) is 1. The van der Waals surface area contributed by atoms with E-state index in [4.69, 9.17) is 0 Å². The summed E-state index contributed by atoms with van der Waals surface area (Å²) in [6, 6.07) is 4.14. The van der Waals surface area contributed by atoms with Crippen LogP contribution in [0.1, 0.15) is 30.1 Å². The lowest BCUT2D eigenvalue weighted by atomic mass is 10.0. The van der Waals surface area contributed by atoms with Crippen LogP contribution in [0.2, 0.25) is 0 Å². The van der Waals surface area contributed by atoms with Crippen molar-refractivity contribution >= 4 is 5.82 Å². The molecule has 2 unspecified atom stereocenters. The number of hydrogen-bond acceptors (Lipinski definition) is 6. The molecule has 0 amide bonds. The summed E-state index contributed by atoms with van der Waals surface area (Å²) in [5, 5.41) is 0. The lowest BCUT2D eigenvalue weighted by molar-refractivity contribution is 0.304. The molecule has 3 aliphatic rings. The molecule has 7 nitrogen and oxygen atoms in total. The molecule has 3 fully saturated rings. The minimum absolute atomic E-state index is 0.178. The van der Waals surface area contributed by atoms with Gasteiger partial charge in [-0.25, -0.2) is 14.8 Å². The van der Waals surface area contributed by atoms with Crippen molar-refractivity contribution in [2.75, 3.05) is 31.1 Å². The molecular formula is C19H24N6O. The molecule has 0 spiro atoms. The summed E-state index contributed by atoms with van der Waals surface area (Å²) in [5.41, 5.74) is 1.91. The smallest absolute Gasteiger partial charge is 0.347 e. The monoisotopic (exact) mass is 352 g/mol. The predicted molar refractivity (Wildman–Crippen MR) is 98.0 cm³/mol. The van der Waals surface area contributed by atoms with Crippen LogP contribution < -0.4 is 10.6 Å². The Bertz CT molecular complexity index is 862. The third-order valence-corrected chi connectivity index (χ3v) is 5.97. The maximum Gasteiger partial charge on any atom is 0.347 e. The molecule has 2 aromatic rings. The van der Waals surface area contributed by atoms with Gasteiger partial charge in [-0.3, -0.25) is 4.90 Å². The van der Waals surface area contributed by atoms with Crippen molar-refractivity contribution in [1.29, 1.82) is 0 Å². The molecular weight excluding hydrogens is 328 g/mol. The second-order valence-corrected chi connectivity index (χ2v) is 8.01. The fourth-order valence-electron chi connectivity index (χ4n) is 4.36. The fourth-order valence-corrected chi connectivity index (χ4v) is 4.36. The van der Waals surface area contributed by atoms with Crippen LogP contribution in [0.25, 0.3) is 0 Å². The van der Waals surface area contributed by atoms with Crippen molar-refractivity contribution in [3.05, 3.63) is 46.5 Å². The van der Waals surface area contributed by atoms with E-state index in [2.05, 4.69) is 30.8 Å². The van der Waals surface area contributed by atoms with Crippen LogP contribution in [-0.4, -0.2) is 50.6 Å². The minimum atomic E-state index is -0.178. The van der Waals surface area contributed by atoms with E-state index in [1.807, 2.05) is 6.07 Å². The van der Waals surface area contributed by atoms with Crippen molar-refractivity contribution < 1.29 is 0 Å². The van der Waals surface area contributed by atoms with Gasteiger partial charge in [-0.2, -0.15) is 4.98 Å². The van der Waals surface area contributed by atoms with Crippen molar-refractivity contribution in [2.45, 2.75) is 25.3 Å². The van der Waals surface area contributed by atoms with Crippen LogP contribution >= 0.6 is 0 Å². The van der Waals surface area contributed by atoms with Gasteiger partial charge in [-0.15, -0.1) is 0 Å². The highest BCUT2D eigenvalue weighted by Gasteiger charge is 2.40. The Kier molecular flexibility index (Phi) is 3.77. The first-order valence-electron chi connectivity index (χ1n) is 9.47. The first kappa shape index (κ1) is 15.9. The molecule has 0 aromatic carbocycles. The van der Waals surface area contributed by atoms with Crippen LogP contribution in [-0.2, 0) is 13.6 Å². The van der Waals surface area contributed by atoms with E-state index in [0.717, 1.165) is 44.2 Å². The van der Waals surface area contributed by atoms with Crippen molar-refractivity contribution in [3.63, 3.8) is 0 Å². The van der Waals surface area contributed by atoms with Gasteiger partial charge >= 0.3 is 5.69 Å². The highest BCUT2D eigenvalue weighted by molar-refractivity contribution is 5.42. The van der Waals surface area contributed by atoms with Crippen LogP contribution in [0.4, 0.5) is 5.82 Å². The summed E-state index contributed by atoms with van der Waals surface area (Å²) in [7, 11) is 1.73.